The summed E-state index contributed by atoms with van der Waals surface area (Å²) in [7, 11) is 0. The van der Waals surface area contributed by atoms with E-state index in [4.69, 9.17) is 5.73 Å². The van der Waals surface area contributed by atoms with Crippen LogP contribution < -0.4 is 5.73 Å². The summed E-state index contributed by atoms with van der Waals surface area (Å²) in [5.74, 6) is 0. The van der Waals surface area contributed by atoms with E-state index in [0.29, 0.717) is 12.8 Å². The highest BCUT2D eigenvalue weighted by Gasteiger charge is 2.44. The summed E-state index contributed by atoms with van der Waals surface area (Å²) in [6.07, 6.45) is 2.60. The summed E-state index contributed by atoms with van der Waals surface area (Å²) in [4.78, 5) is 4.22. The summed E-state index contributed by atoms with van der Waals surface area (Å²) in [6, 6.07) is 9.40. The van der Waals surface area contributed by atoms with E-state index in [2.05, 4.69) is 4.98 Å². The Morgan fingerprint density at radius 2 is 2.12 bits per heavy atom. The largest absolute Gasteiger partial charge is 0.327 e. The number of nitrogens with zero attached hydrogens (tertiary/aromatic N) is 1. The molecule has 1 aliphatic rings. The molecule has 0 bridgehead atoms. The lowest BCUT2D eigenvalue weighted by molar-refractivity contribution is 0.0407. The molecule has 1 fully saturated rings. The minimum atomic E-state index is -1.22. The second kappa shape index (κ2) is 3.25. The van der Waals surface area contributed by atoms with Gasteiger partial charge >= 0.3 is 0 Å². The number of hydrogen-bond acceptors (Lipinski definition) is 2. The third-order valence-electron chi connectivity index (χ3n) is 3.29. The molecular formula is C13H13FN2. The van der Waals surface area contributed by atoms with E-state index >= 15 is 0 Å². The molecule has 2 N–H and O–H groups in total. The number of halogens is 1. The van der Waals surface area contributed by atoms with E-state index in [0.717, 1.165) is 16.5 Å². The van der Waals surface area contributed by atoms with Crippen LogP contribution in [0.25, 0.3) is 10.9 Å². The second-order valence-electron chi connectivity index (χ2n) is 4.54. The Bertz CT molecular complexity index is 532. The molecule has 0 aliphatic heterocycles. The van der Waals surface area contributed by atoms with Crippen molar-refractivity contribution in [3.8, 4) is 0 Å². The molecule has 2 nitrogen and oxygen atoms in total. The van der Waals surface area contributed by atoms with Gasteiger partial charge in [0.15, 0.2) is 0 Å². The van der Waals surface area contributed by atoms with Crippen LogP contribution in [0.5, 0.6) is 0 Å². The molecule has 0 spiro atoms. The van der Waals surface area contributed by atoms with Gasteiger partial charge in [-0.1, -0.05) is 12.1 Å². The molecule has 3 heteroatoms. The lowest BCUT2D eigenvalue weighted by atomic mass is 9.73. The van der Waals surface area contributed by atoms with Crippen molar-refractivity contribution in [3.63, 3.8) is 0 Å². The highest BCUT2D eigenvalue weighted by Crippen LogP contribution is 2.44. The van der Waals surface area contributed by atoms with Crippen LogP contribution in [0.15, 0.2) is 36.5 Å². The predicted molar refractivity (Wildman–Crippen MR) is 61.7 cm³/mol. The van der Waals surface area contributed by atoms with E-state index in [-0.39, 0.29) is 6.04 Å². The minimum Gasteiger partial charge on any atom is -0.327 e. The van der Waals surface area contributed by atoms with Crippen molar-refractivity contribution in [1.82, 2.24) is 4.98 Å². The monoisotopic (exact) mass is 216 g/mol. The van der Waals surface area contributed by atoms with Gasteiger partial charge in [0.05, 0.1) is 5.52 Å². The number of aromatic nitrogens is 1. The average Bonchev–Trinajstić information content (AvgIpc) is 2.26. The smallest absolute Gasteiger partial charge is 0.139 e. The summed E-state index contributed by atoms with van der Waals surface area (Å²) in [5, 5.41) is 0.984. The van der Waals surface area contributed by atoms with Gasteiger partial charge < -0.3 is 5.73 Å². The molecule has 2 aromatic rings. The van der Waals surface area contributed by atoms with Gasteiger partial charge in [0.2, 0.25) is 0 Å². The summed E-state index contributed by atoms with van der Waals surface area (Å²) >= 11 is 0. The van der Waals surface area contributed by atoms with Gasteiger partial charge in [0, 0.05) is 30.5 Å². The summed E-state index contributed by atoms with van der Waals surface area (Å²) < 4.78 is 14.3. The first kappa shape index (κ1) is 9.73. The fourth-order valence-electron chi connectivity index (χ4n) is 2.36. The fraction of sp³-hybridized carbons (Fsp3) is 0.308. The zero-order valence-electron chi connectivity index (χ0n) is 8.86. The predicted octanol–water partition coefficient (Wildman–Crippen LogP) is 2.52. The van der Waals surface area contributed by atoms with Crippen molar-refractivity contribution in [2.24, 2.45) is 5.73 Å². The molecule has 82 valence electrons. The van der Waals surface area contributed by atoms with Crippen LogP contribution in [0.1, 0.15) is 18.4 Å². The Kier molecular flexibility index (Phi) is 1.98. The van der Waals surface area contributed by atoms with Gasteiger partial charge in [-0.3, -0.25) is 4.98 Å². The SMILES string of the molecule is NC1CC(F)(c2ccc3ncccc3c2)C1. The highest BCUT2D eigenvalue weighted by atomic mass is 19.1. The van der Waals surface area contributed by atoms with E-state index in [1.807, 2.05) is 30.3 Å². The number of fused-ring (bicyclic) bond motifs is 1. The van der Waals surface area contributed by atoms with Gasteiger partial charge in [0.1, 0.15) is 5.67 Å². The molecule has 1 aromatic carbocycles. The summed E-state index contributed by atoms with van der Waals surface area (Å²) in [6.45, 7) is 0. The quantitative estimate of drug-likeness (QED) is 0.795. The fourth-order valence-corrected chi connectivity index (χ4v) is 2.36. The Morgan fingerprint density at radius 3 is 2.88 bits per heavy atom. The molecule has 0 amide bonds. The van der Waals surface area contributed by atoms with Crippen LogP contribution in [0.2, 0.25) is 0 Å². The van der Waals surface area contributed by atoms with Crippen molar-refractivity contribution in [3.05, 3.63) is 42.1 Å². The van der Waals surface area contributed by atoms with Gasteiger partial charge in [0.25, 0.3) is 0 Å². The van der Waals surface area contributed by atoms with E-state index < -0.39 is 5.67 Å². The average molecular weight is 216 g/mol. The Morgan fingerprint density at radius 1 is 1.31 bits per heavy atom. The highest BCUT2D eigenvalue weighted by molar-refractivity contribution is 5.79. The molecule has 1 aliphatic carbocycles. The maximum absolute atomic E-state index is 14.3. The first-order valence-corrected chi connectivity index (χ1v) is 5.47. The zero-order valence-corrected chi connectivity index (χ0v) is 8.86. The maximum Gasteiger partial charge on any atom is 0.139 e. The molecule has 0 atom stereocenters. The van der Waals surface area contributed by atoms with Crippen LogP contribution in [0, 0.1) is 0 Å². The van der Waals surface area contributed by atoms with Crippen molar-refractivity contribution in [1.29, 1.82) is 0 Å². The first-order chi connectivity index (χ1) is 7.67. The Balaban J connectivity index is 2.06. The molecular weight excluding hydrogens is 203 g/mol. The zero-order chi connectivity index (χ0) is 11.2. The molecule has 1 saturated carbocycles. The van der Waals surface area contributed by atoms with Crippen LogP contribution in [0.3, 0.4) is 0 Å². The Labute approximate surface area is 93.3 Å². The number of rotatable bonds is 1. The normalized spacial score (nSPS) is 29.0. The lowest BCUT2D eigenvalue weighted by Gasteiger charge is -2.39. The van der Waals surface area contributed by atoms with E-state index in [9.17, 15) is 4.39 Å². The van der Waals surface area contributed by atoms with E-state index in [1.54, 1.807) is 6.20 Å². The number of nitrogens with two attached hydrogens (primary N) is 1. The topological polar surface area (TPSA) is 38.9 Å². The molecule has 1 heterocycles. The lowest BCUT2D eigenvalue weighted by Crippen LogP contribution is -2.46. The van der Waals surface area contributed by atoms with Crippen molar-refractivity contribution in [2.45, 2.75) is 24.6 Å². The van der Waals surface area contributed by atoms with Crippen LogP contribution in [-0.4, -0.2) is 11.0 Å². The van der Waals surface area contributed by atoms with Crippen molar-refractivity contribution in [2.75, 3.05) is 0 Å². The number of hydrogen-bond donors (Lipinski definition) is 1. The third-order valence-corrected chi connectivity index (χ3v) is 3.29. The minimum absolute atomic E-state index is 0.00888. The number of alkyl halides is 1. The van der Waals surface area contributed by atoms with E-state index in [1.165, 1.54) is 0 Å². The number of benzene rings is 1. The number of pyridine rings is 1. The van der Waals surface area contributed by atoms with Gasteiger partial charge in [-0.15, -0.1) is 0 Å². The Hall–Kier alpha value is -1.48. The van der Waals surface area contributed by atoms with Gasteiger partial charge in [-0.05, 0) is 23.8 Å². The molecule has 16 heavy (non-hydrogen) atoms. The maximum atomic E-state index is 14.3. The van der Waals surface area contributed by atoms with Crippen LogP contribution >= 0.6 is 0 Å². The standard InChI is InChI=1S/C13H13FN2/c14-13(7-11(15)8-13)10-3-4-12-9(6-10)2-1-5-16-12/h1-6,11H,7-8,15H2. The van der Waals surface area contributed by atoms with Crippen molar-refractivity contribution >= 4 is 10.9 Å². The first-order valence-electron chi connectivity index (χ1n) is 5.47. The van der Waals surface area contributed by atoms with Crippen molar-refractivity contribution < 1.29 is 4.39 Å². The molecule has 0 unspecified atom stereocenters. The molecule has 0 saturated heterocycles. The molecule has 3 rings (SSSR count). The molecule has 1 aromatic heterocycles. The van der Waals surface area contributed by atoms with Gasteiger partial charge in [-0.2, -0.15) is 0 Å². The third kappa shape index (κ3) is 1.39. The summed E-state index contributed by atoms with van der Waals surface area (Å²) in [5.41, 5.74) is 6.07. The second-order valence-corrected chi connectivity index (χ2v) is 4.54. The van der Waals surface area contributed by atoms with Crippen LogP contribution in [-0.2, 0) is 5.67 Å². The van der Waals surface area contributed by atoms with Crippen LogP contribution in [0.4, 0.5) is 4.39 Å². The van der Waals surface area contributed by atoms with Gasteiger partial charge in [-0.25, -0.2) is 4.39 Å². The molecule has 0 radical (unpaired) electrons.